The van der Waals surface area contributed by atoms with Gasteiger partial charge in [0.25, 0.3) is 5.91 Å². The minimum atomic E-state index is 0.00286. The Balaban J connectivity index is 1.09. The molecule has 33 heavy (non-hydrogen) atoms. The van der Waals surface area contributed by atoms with E-state index in [1.807, 2.05) is 12.1 Å². The zero-order valence-electron chi connectivity index (χ0n) is 19.4. The van der Waals surface area contributed by atoms with Crippen molar-refractivity contribution in [3.8, 4) is 0 Å². The number of carbonyl (C=O) groups excluding carboxylic acids is 1. The van der Waals surface area contributed by atoms with Crippen LogP contribution in [-0.2, 0) is 11.3 Å². The van der Waals surface area contributed by atoms with E-state index in [2.05, 4.69) is 62.9 Å². The number of amides is 1. The van der Waals surface area contributed by atoms with Crippen molar-refractivity contribution >= 4 is 11.6 Å². The molecule has 176 valence electrons. The Bertz CT molecular complexity index is 898. The average Bonchev–Trinajstić information content (AvgIpc) is 3.42. The molecule has 0 aromatic heterocycles. The number of benzene rings is 2. The quantitative estimate of drug-likeness (QED) is 0.650. The molecule has 0 radical (unpaired) electrons. The number of nitrogens with one attached hydrogen (secondary N) is 2. The van der Waals surface area contributed by atoms with E-state index in [0.29, 0.717) is 18.5 Å². The van der Waals surface area contributed by atoms with E-state index in [-0.39, 0.29) is 5.91 Å². The molecule has 1 saturated carbocycles. The van der Waals surface area contributed by atoms with Crippen LogP contribution >= 0.6 is 0 Å². The molecule has 0 bridgehead atoms. The fraction of sp³-hybridized carbons (Fsp3) is 0.519. The average molecular weight is 449 g/mol. The number of anilines is 1. The number of likely N-dealkylation sites (tertiary alicyclic amines) is 1. The predicted molar refractivity (Wildman–Crippen MR) is 131 cm³/mol. The molecule has 1 aliphatic carbocycles. The summed E-state index contributed by atoms with van der Waals surface area (Å²) in [4.78, 5) is 17.4. The van der Waals surface area contributed by atoms with Crippen LogP contribution in [0.2, 0.25) is 0 Å². The summed E-state index contributed by atoms with van der Waals surface area (Å²) in [6.07, 6.45) is 2.54. The Kier molecular flexibility index (Phi) is 7.24. The molecule has 2 aromatic rings. The minimum Gasteiger partial charge on any atom is -0.382 e. The number of morpholine rings is 1. The van der Waals surface area contributed by atoms with Crippen LogP contribution < -0.4 is 10.6 Å². The molecule has 1 amide bonds. The fourth-order valence-electron chi connectivity index (χ4n) is 5.69. The maximum absolute atomic E-state index is 12.5. The van der Waals surface area contributed by atoms with Gasteiger partial charge in [0, 0.05) is 63.1 Å². The molecule has 2 saturated heterocycles. The molecule has 5 rings (SSSR count). The highest BCUT2D eigenvalue weighted by Gasteiger charge is 2.42. The molecule has 6 heteroatoms. The third-order valence-corrected chi connectivity index (χ3v) is 7.50. The maximum Gasteiger partial charge on any atom is 0.251 e. The third kappa shape index (κ3) is 5.75. The van der Waals surface area contributed by atoms with E-state index in [9.17, 15) is 4.79 Å². The third-order valence-electron chi connectivity index (χ3n) is 7.50. The van der Waals surface area contributed by atoms with Gasteiger partial charge in [-0.1, -0.05) is 30.3 Å². The Morgan fingerprint density at radius 2 is 1.73 bits per heavy atom. The Hall–Kier alpha value is -2.41. The lowest BCUT2D eigenvalue weighted by molar-refractivity contribution is 0.0383. The van der Waals surface area contributed by atoms with Gasteiger partial charge in [-0.15, -0.1) is 0 Å². The molecule has 2 heterocycles. The zero-order chi connectivity index (χ0) is 22.5. The van der Waals surface area contributed by atoms with Gasteiger partial charge in [-0.05, 0) is 54.5 Å². The summed E-state index contributed by atoms with van der Waals surface area (Å²) in [7, 11) is 0. The van der Waals surface area contributed by atoms with E-state index in [0.717, 1.165) is 56.6 Å². The van der Waals surface area contributed by atoms with Crippen molar-refractivity contribution < 1.29 is 9.53 Å². The van der Waals surface area contributed by atoms with Gasteiger partial charge in [0.05, 0.1) is 13.2 Å². The summed E-state index contributed by atoms with van der Waals surface area (Å²) in [6.45, 7) is 8.44. The van der Waals surface area contributed by atoms with Crippen molar-refractivity contribution in [3.05, 3.63) is 65.7 Å². The van der Waals surface area contributed by atoms with Crippen molar-refractivity contribution in [2.75, 3.05) is 57.8 Å². The summed E-state index contributed by atoms with van der Waals surface area (Å²) in [5, 5.41) is 6.82. The van der Waals surface area contributed by atoms with E-state index in [1.54, 1.807) is 0 Å². The molecule has 3 fully saturated rings. The summed E-state index contributed by atoms with van der Waals surface area (Å²) in [5.41, 5.74) is 3.24. The largest absolute Gasteiger partial charge is 0.382 e. The normalized spacial score (nSPS) is 25.6. The second-order valence-electron chi connectivity index (χ2n) is 9.72. The van der Waals surface area contributed by atoms with Crippen molar-refractivity contribution in [1.29, 1.82) is 0 Å². The van der Waals surface area contributed by atoms with Gasteiger partial charge in [0.1, 0.15) is 0 Å². The standard InChI is InChI=1S/C27H36N4O2/c32-27(28-12-13-30-14-16-33-17-15-30)22-6-9-24(10-7-22)29-26-11-8-23-19-31(20-25(23)26)18-21-4-2-1-3-5-21/h1-7,9-10,23,25-26,29H,8,11-20H2,(H,28,32)/t23-,25-,26-/m1/s1. The first-order chi connectivity index (χ1) is 16.2. The maximum atomic E-state index is 12.5. The summed E-state index contributed by atoms with van der Waals surface area (Å²) in [6, 6.07) is 19.3. The van der Waals surface area contributed by atoms with Gasteiger partial charge in [0.2, 0.25) is 0 Å². The second-order valence-corrected chi connectivity index (χ2v) is 9.72. The number of nitrogens with zero attached hydrogens (tertiary/aromatic N) is 2. The van der Waals surface area contributed by atoms with Crippen LogP contribution in [0.5, 0.6) is 0 Å². The first kappa shape index (κ1) is 22.4. The molecular weight excluding hydrogens is 412 g/mol. The van der Waals surface area contributed by atoms with Gasteiger partial charge < -0.3 is 15.4 Å². The summed E-state index contributed by atoms with van der Waals surface area (Å²) < 4.78 is 5.37. The van der Waals surface area contributed by atoms with Crippen LogP contribution in [0, 0.1) is 11.8 Å². The fourth-order valence-corrected chi connectivity index (χ4v) is 5.69. The highest BCUT2D eigenvalue weighted by Crippen LogP contribution is 2.40. The van der Waals surface area contributed by atoms with Crippen LogP contribution in [-0.4, -0.2) is 74.2 Å². The van der Waals surface area contributed by atoms with E-state index < -0.39 is 0 Å². The second kappa shape index (κ2) is 10.7. The number of fused-ring (bicyclic) bond motifs is 1. The van der Waals surface area contributed by atoms with Crippen LogP contribution in [0.1, 0.15) is 28.8 Å². The predicted octanol–water partition coefficient (Wildman–Crippen LogP) is 3.07. The Labute approximate surface area is 197 Å². The van der Waals surface area contributed by atoms with Crippen LogP contribution in [0.25, 0.3) is 0 Å². The number of hydrogen-bond acceptors (Lipinski definition) is 5. The van der Waals surface area contributed by atoms with E-state index >= 15 is 0 Å². The molecule has 6 nitrogen and oxygen atoms in total. The molecule has 0 unspecified atom stereocenters. The highest BCUT2D eigenvalue weighted by molar-refractivity contribution is 5.94. The minimum absolute atomic E-state index is 0.00286. The number of carbonyl (C=O) groups is 1. The number of hydrogen-bond donors (Lipinski definition) is 2. The highest BCUT2D eigenvalue weighted by atomic mass is 16.5. The van der Waals surface area contributed by atoms with Crippen molar-refractivity contribution in [1.82, 2.24) is 15.1 Å². The number of rotatable bonds is 8. The Morgan fingerprint density at radius 3 is 2.52 bits per heavy atom. The number of ether oxygens (including phenoxy) is 1. The van der Waals surface area contributed by atoms with E-state index in [4.69, 9.17) is 4.74 Å². The van der Waals surface area contributed by atoms with Gasteiger partial charge in [-0.2, -0.15) is 0 Å². The monoisotopic (exact) mass is 448 g/mol. The lowest BCUT2D eigenvalue weighted by atomic mass is 9.97. The van der Waals surface area contributed by atoms with Crippen LogP contribution in [0.15, 0.2) is 54.6 Å². The van der Waals surface area contributed by atoms with Crippen molar-refractivity contribution in [3.63, 3.8) is 0 Å². The van der Waals surface area contributed by atoms with Gasteiger partial charge >= 0.3 is 0 Å². The van der Waals surface area contributed by atoms with Crippen molar-refractivity contribution in [2.45, 2.75) is 25.4 Å². The van der Waals surface area contributed by atoms with Crippen molar-refractivity contribution in [2.24, 2.45) is 11.8 Å². The molecule has 0 spiro atoms. The van der Waals surface area contributed by atoms with Gasteiger partial charge in [-0.25, -0.2) is 0 Å². The van der Waals surface area contributed by atoms with Crippen LogP contribution in [0.4, 0.5) is 5.69 Å². The summed E-state index contributed by atoms with van der Waals surface area (Å²) >= 11 is 0. The molecule has 3 aliphatic rings. The molecule has 2 N–H and O–H groups in total. The first-order valence-corrected chi connectivity index (χ1v) is 12.5. The SMILES string of the molecule is O=C(NCCN1CCOCC1)c1ccc(N[C@@H]2CC[C@@H]3CN(Cc4ccccc4)C[C@H]32)cc1. The molecule has 2 aliphatic heterocycles. The van der Waals surface area contributed by atoms with Crippen LogP contribution in [0.3, 0.4) is 0 Å². The van der Waals surface area contributed by atoms with Gasteiger partial charge in [0.15, 0.2) is 0 Å². The zero-order valence-corrected chi connectivity index (χ0v) is 19.4. The molecule has 2 aromatic carbocycles. The smallest absolute Gasteiger partial charge is 0.251 e. The lowest BCUT2D eigenvalue weighted by Gasteiger charge is -2.26. The lowest BCUT2D eigenvalue weighted by Crippen LogP contribution is -2.41. The summed E-state index contributed by atoms with van der Waals surface area (Å²) in [5.74, 6) is 1.50. The van der Waals surface area contributed by atoms with Gasteiger partial charge in [-0.3, -0.25) is 14.6 Å². The van der Waals surface area contributed by atoms with E-state index in [1.165, 1.54) is 31.5 Å². The topological polar surface area (TPSA) is 56.8 Å². The molecule has 3 atom stereocenters. The first-order valence-electron chi connectivity index (χ1n) is 12.5. The Morgan fingerprint density at radius 1 is 0.939 bits per heavy atom. The molecular formula is C27H36N4O2.